The first kappa shape index (κ1) is 18.9. The van der Waals surface area contributed by atoms with Crippen molar-refractivity contribution in [2.75, 3.05) is 25.0 Å². The van der Waals surface area contributed by atoms with E-state index in [-0.39, 0.29) is 0 Å². The Morgan fingerprint density at radius 2 is 2.00 bits per heavy atom. The highest BCUT2D eigenvalue weighted by Gasteiger charge is 2.18. The summed E-state index contributed by atoms with van der Waals surface area (Å²) in [5.41, 5.74) is 6.05. The molecule has 0 aliphatic carbocycles. The third kappa shape index (κ3) is 3.84. The number of fused-ring (bicyclic) bond motifs is 2. The van der Waals surface area contributed by atoms with Gasteiger partial charge < -0.3 is 15.0 Å². The lowest BCUT2D eigenvalue weighted by Crippen LogP contribution is -2.39. The van der Waals surface area contributed by atoms with E-state index in [0.29, 0.717) is 13.1 Å². The number of anilines is 1. The minimum absolute atomic E-state index is 0.449. The van der Waals surface area contributed by atoms with E-state index >= 15 is 0 Å². The van der Waals surface area contributed by atoms with Gasteiger partial charge in [-0.2, -0.15) is 5.10 Å². The Kier molecular flexibility index (Phi) is 5.02. The maximum absolute atomic E-state index is 10.5. The summed E-state index contributed by atoms with van der Waals surface area (Å²) in [7, 11) is 2.05. The number of nitrogens with one attached hydrogen (secondary N) is 2. The third-order valence-electron chi connectivity index (χ3n) is 5.97. The normalized spacial score (nSPS) is 15.3. The van der Waals surface area contributed by atoms with Gasteiger partial charge in [0.1, 0.15) is 5.82 Å². The van der Waals surface area contributed by atoms with Crippen LogP contribution in [0.1, 0.15) is 11.1 Å². The highest BCUT2D eigenvalue weighted by atomic mass is 16.3. The number of nitrogens with zero attached hydrogens (tertiary/aromatic N) is 3. The Morgan fingerprint density at radius 1 is 1.13 bits per heavy atom. The molecule has 1 aliphatic rings. The molecule has 0 spiro atoms. The monoisotopic (exact) mass is 401 g/mol. The van der Waals surface area contributed by atoms with Crippen molar-refractivity contribution in [3.63, 3.8) is 0 Å². The number of aliphatic hydroxyl groups is 1. The fourth-order valence-electron chi connectivity index (χ4n) is 4.29. The second-order valence-electron chi connectivity index (χ2n) is 8.16. The first-order chi connectivity index (χ1) is 14.7. The van der Waals surface area contributed by atoms with Gasteiger partial charge in [0.05, 0.1) is 11.8 Å². The lowest BCUT2D eigenvalue weighted by atomic mass is 10.00. The number of β-amino-alcohol motifs (C(OH)–C–C–N with tert-alkyl or cyclic N) is 1. The molecule has 2 aromatic carbocycles. The molecule has 5 rings (SSSR count). The number of hydrogen-bond acceptors (Lipinski definition) is 4. The largest absolute Gasteiger partial charge is 0.390 e. The van der Waals surface area contributed by atoms with E-state index in [2.05, 4.69) is 79.7 Å². The van der Waals surface area contributed by atoms with Gasteiger partial charge >= 0.3 is 0 Å². The molecule has 3 N–H and O–H groups in total. The van der Waals surface area contributed by atoms with Crippen LogP contribution >= 0.6 is 0 Å². The third-order valence-corrected chi connectivity index (χ3v) is 5.97. The summed E-state index contributed by atoms with van der Waals surface area (Å²) < 4.78 is 2.11. The number of aryl methyl sites for hydroxylation is 1. The van der Waals surface area contributed by atoms with E-state index in [4.69, 9.17) is 0 Å². The maximum atomic E-state index is 10.5. The van der Waals surface area contributed by atoms with Crippen LogP contribution in [-0.4, -0.2) is 50.5 Å². The van der Waals surface area contributed by atoms with Crippen LogP contribution in [0, 0.1) is 0 Å². The molecule has 4 aromatic rings. The second kappa shape index (κ2) is 7.97. The molecule has 1 unspecified atom stereocenters. The van der Waals surface area contributed by atoms with Crippen molar-refractivity contribution in [1.82, 2.24) is 19.7 Å². The quantitative estimate of drug-likeness (QED) is 0.463. The van der Waals surface area contributed by atoms with E-state index in [9.17, 15) is 5.11 Å². The lowest BCUT2D eigenvalue weighted by molar-refractivity contribution is 0.114. The van der Waals surface area contributed by atoms with Crippen molar-refractivity contribution in [3.05, 3.63) is 71.9 Å². The molecule has 1 aliphatic heterocycles. The zero-order valence-corrected chi connectivity index (χ0v) is 17.2. The van der Waals surface area contributed by atoms with E-state index in [1.807, 2.05) is 13.1 Å². The number of aromatic amines is 1. The molecule has 0 saturated carbocycles. The minimum Gasteiger partial charge on any atom is -0.390 e. The van der Waals surface area contributed by atoms with Crippen molar-refractivity contribution in [3.8, 4) is 11.3 Å². The molecule has 30 heavy (non-hydrogen) atoms. The summed E-state index contributed by atoms with van der Waals surface area (Å²) in [4.78, 5) is 2.32. The van der Waals surface area contributed by atoms with Crippen LogP contribution in [-0.2, 0) is 20.0 Å². The van der Waals surface area contributed by atoms with Gasteiger partial charge in [0.15, 0.2) is 0 Å². The maximum Gasteiger partial charge on any atom is 0.148 e. The number of H-pyrrole nitrogens is 1. The van der Waals surface area contributed by atoms with Gasteiger partial charge in [-0.1, -0.05) is 36.4 Å². The van der Waals surface area contributed by atoms with E-state index in [1.54, 1.807) is 0 Å². The molecule has 0 radical (unpaired) electrons. The summed E-state index contributed by atoms with van der Waals surface area (Å²) in [6.45, 7) is 3.02. The van der Waals surface area contributed by atoms with E-state index in [0.717, 1.165) is 36.6 Å². The number of benzene rings is 2. The SMILES string of the molecule is Cn1ccc2ccc(-c3cc(NCC(O)CN4CCc5ccccc5C4)n[nH]3)cc21. The predicted molar refractivity (Wildman–Crippen MR) is 120 cm³/mol. The first-order valence-electron chi connectivity index (χ1n) is 10.5. The zero-order chi connectivity index (χ0) is 20.5. The van der Waals surface area contributed by atoms with Crippen molar-refractivity contribution < 1.29 is 5.11 Å². The van der Waals surface area contributed by atoms with Crippen LogP contribution in [0.15, 0.2) is 60.8 Å². The highest BCUT2D eigenvalue weighted by molar-refractivity contribution is 5.85. The van der Waals surface area contributed by atoms with Crippen LogP contribution in [0.2, 0.25) is 0 Å². The summed E-state index contributed by atoms with van der Waals surface area (Å²) in [6, 6.07) is 19.1. The van der Waals surface area contributed by atoms with Crippen LogP contribution < -0.4 is 5.32 Å². The average Bonchev–Trinajstić information content (AvgIpc) is 3.39. The van der Waals surface area contributed by atoms with Crippen LogP contribution in [0.25, 0.3) is 22.2 Å². The number of aromatic nitrogens is 3. The molecular weight excluding hydrogens is 374 g/mol. The molecule has 3 heterocycles. The van der Waals surface area contributed by atoms with Gasteiger partial charge in [0.2, 0.25) is 0 Å². The number of hydrogen-bond donors (Lipinski definition) is 3. The smallest absolute Gasteiger partial charge is 0.148 e. The van der Waals surface area contributed by atoms with E-state index in [1.165, 1.54) is 22.0 Å². The van der Waals surface area contributed by atoms with Gasteiger partial charge in [0.25, 0.3) is 0 Å². The molecule has 2 aromatic heterocycles. The van der Waals surface area contributed by atoms with Crippen molar-refractivity contribution in [2.45, 2.75) is 19.1 Å². The molecule has 1 atom stereocenters. The van der Waals surface area contributed by atoms with Gasteiger partial charge in [-0.05, 0) is 35.1 Å². The Hall–Kier alpha value is -3.09. The van der Waals surface area contributed by atoms with Gasteiger partial charge in [-0.3, -0.25) is 10.00 Å². The molecule has 6 nitrogen and oxygen atoms in total. The van der Waals surface area contributed by atoms with E-state index < -0.39 is 6.10 Å². The number of aliphatic hydroxyl groups excluding tert-OH is 1. The molecular formula is C24H27N5O. The van der Waals surface area contributed by atoms with Crippen LogP contribution in [0.4, 0.5) is 5.82 Å². The second-order valence-corrected chi connectivity index (χ2v) is 8.16. The van der Waals surface area contributed by atoms with Gasteiger partial charge in [0, 0.05) is 56.6 Å². The molecule has 0 amide bonds. The standard InChI is InChI=1S/C24H27N5O/c1-28-10-8-18-6-7-19(12-23(18)28)22-13-24(27-26-22)25-14-21(30)16-29-11-9-17-4-2-3-5-20(17)15-29/h2-8,10,12-13,21,30H,9,11,14-16H2,1H3,(H2,25,26,27). The lowest BCUT2D eigenvalue weighted by Gasteiger charge is -2.30. The van der Waals surface area contributed by atoms with Crippen molar-refractivity contribution in [2.24, 2.45) is 7.05 Å². The van der Waals surface area contributed by atoms with Crippen LogP contribution in [0.5, 0.6) is 0 Å². The fourth-order valence-corrected chi connectivity index (χ4v) is 4.29. The average molecular weight is 402 g/mol. The Balaban J connectivity index is 1.18. The molecule has 0 saturated heterocycles. The molecule has 6 heteroatoms. The van der Waals surface area contributed by atoms with Crippen molar-refractivity contribution in [1.29, 1.82) is 0 Å². The summed E-state index contributed by atoms with van der Waals surface area (Å²) in [5.74, 6) is 0.750. The summed E-state index contributed by atoms with van der Waals surface area (Å²) in [5, 5.41) is 22.5. The molecule has 0 bridgehead atoms. The minimum atomic E-state index is -0.449. The topological polar surface area (TPSA) is 69.1 Å². The zero-order valence-electron chi connectivity index (χ0n) is 17.2. The Morgan fingerprint density at radius 3 is 2.90 bits per heavy atom. The molecule has 0 fully saturated rings. The fraction of sp³-hybridized carbons (Fsp3) is 0.292. The van der Waals surface area contributed by atoms with Crippen molar-refractivity contribution >= 4 is 16.7 Å². The first-order valence-corrected chi connectivity index (χ1v) is 10.5. The van der Waals surface area contributed by atoms with Crippen LogP contribution in [0.3, 0.4) is 0 Å². The highest BCUT2D eigenvalue weighted by Crippen LogP contribution is 2.25. The number of rotatable bonds is 6. The van der Waals surface area contributed by atoms with Gasteiger partial charge in [-0.15, -0.1) is 0 Å². The summed E-state index contributed by atoms with van der Waals surface area (Å²) in [6.07, 6.45) is 2.66. The van der Waals surface area contributed by atoms with Gasteiger partial charge in [-0.25, -0.2) is 0 Å². The Bertz CT molecular complexity index is 1160. The Labute approximate surface area is 176 Å². The molecule has 154 valence electrons. The summed E-state index contributed by atoms with van der Waals surface area (Å²) >= 11 is 0. The predicted octanol–water partition coefficient (Wildman–Crippen LogP) is 3.40.